The second kappa shape index (κ2) is 6.93. The second-order valence-electron chi connectivity index (χ2n) is 5.03. The van der Waals surface area contributed by atoms with Crippen LogP contribution in [0.2, 0.25) is 0 Å². The minimum Gasteiger partial charge on any atom is -0.310 e. The Kier molecular flexibility index (Phi) is 5.24. The van der Waals surface area contributed by atoms with Crippen molar-refractivity contribution in [1.82, 2.24) is 5.32 Å². The Balaban J connectivity index is 1.90. The number of benzene rings is 1. The fourth-order valence-electron chi connectivity index (χ4n) is 2.57. The van der Waals surface area contributed by atoms with Crippen LogP contribution < -0.4 is 5.32 Å². The van der Waals surface area contributed by atoms with Crippen molar-refractivity contribution in [1.29, 1.82) is 5.26 Å². The van der Waals surface area contributed by atoms with Crippen molar-refractivity contribution in [2.75, 3.05) is 6.26 Å². The fourth-order valence-corrected chi connectivity index (χ4v) is 3.40. The zero-order valence-electron chi connectivity index (χ0n) is 11.2. The first-order valence-electron chi connectivity index (χ1n) is 6.67. The highest BCUT2D eigenvalue weighted by atomic mass is 32.2. The Morgan fingerprint density at radius 2 is 2.32 bits per heavy atom. The quantitative estimate of drug-likeness (QED) is 0.916. The molecule has 4 heteroatoms. The highest BCUT2D eigenvalue weighted by Gasteiger charge is 2.20. The standard InChI is InChI=1S/C15H19FN2S/c1-19-14-4-2-3-13(8-14)18-10-11-5-6-15(16)12(7-11)9-17/h5-7,13-14,18H,2-4,8,10H2,1H3. The zero-order valence-corrected chi connectivity index (χ0v) is 12.0. The van der Waals surface area contributed by atoms with Crippen LogP contribution in [-0.4, -0.2) is 17.5 Å². The molecule has 0 bridgehead atoms. The molecule has 2 unspecified atom stereocenters. The first kappa shape index (κ1) is 14.4. The maximum absolute atomic E-state index is 13.2. The molecule has 0 heterocycles. The molecule has 2 atom stereocenters. The van der Waals surface area contributed by atoms with Crippen LogP contribution >= 0.6 is 11.8 Å². The first-order chi connectivity index (χ1) is 9.22. The van der Waals surface area contributed by atoms with E-state index in [1.54, 1.807) is 12.1 Å². The number of nitrogens with zero attached hydrogens (tertiary/aromatic N) is 1. The molecule has 2 nitrogen and oxygen atoms in total. The molecule has 1 aromatic carbocycles. The number of hydrogen-bond donors (Lipinski definition) is 1. The lowest BCUT2D eigenvalue weighted by molar-refractivity contribution is 0.380. The maximum atomic E-state index is 13.2. The van der Waals surface area contributed by atoms with Gasteiger partial charge >= 0.3 is 0 Å². The van der Waals surface area contributed by atoms with E-state index in [0.717, 1.165) is 10.8 Å². The summed E-state index contributed by atoms with van der Waals surface area (Å²) in [6, 6.07) is 7.19. The fraction of sp³-hybridized carbons (Fsp3) is 0.533. The van der Waals surface area contributed by atoms with Crippen LogP contribution in [-0.2, 0) is 6.54 Å². The molecule has 1 fully saturated rings. The van der Waals surface area contributed by atoms with Gasteiger partial charge in [0, 0.05) is 17.8 Å². The normalized spacial score (nSPS) is 23.0. The van der Waals surface area contributed by atoms with E-state index in [-0.39, 0.29) is 5.56 Å². The van der Waals surface area contributed by atoms with E-state index in [1.165, 1.54) is 31.7 Å². The van der Waals surface area contributed by atoms with Crippen molar-refractivity contribution in [2.45, 2.75) is 43.5 Å². The summed E-state index contributed by atoms with van der Waals surface area (Å²) in [5.41, 5.74) is 1.11. The van der Waals surface area contributed by atoms with Crippen molar-refractivity contribution < 1.29 is 4.39 Å². The molecule has 102 valence electrons. The molecule has 0 amide bonds. The van der Waals surface area contributed by atoms with E-state index < -0.39 is 5.82 Å². The Bertz CT molecular complexity index is 470. The summed E-state index contributed by atoms with van der Waals surface area (Å²) in [6.45, 7) is 0.709. The molecule has 2 rings (SSSR count). The van der Waals surface area contributed by atoms with Gasteiger partial charge in [-0.05, 0) is 43.2 Å². The van der Waals surface area contributed by atoms with Gasteiger partial charge in [-0.2, -0.15) is 17.0 Å². The van der Waals surface area contributed by atoms with Gasteiger partial charge in [0.2, 0.25) is 0 Å². The number of hydrogen-bond acceptors (Lipinski definition) is 3. The minimum atomic E-state index is -0.439. The summed E-state index contributed by atoms with van der Waals surface area (Å²) >= 11 is 1.95. The molecule has 1 aromatic rings. The summed E-state index contributed by atoms with van der Waals surface area (Å²) in [5.74, 6) is -0.439. The van der Waals surface area contributed by atoms with Crippen LogP contribution in [0, 0.1) is 17.1 Å². The monoisotopic (exact) mass is 278 g/mol. The van der Waals surface area contributed by atoms with Crippen molar-refractivity contribution in [2.24, 2.45) is 0 Å². The molecule has 0 radical (unpaired) electrons. The molecule has 1 aliphatic rings. The van der Waals surface area contributed by atoms with E-state index in [4.69, 9.17) is 5.26 Å². The Morgan fingerprint density at radius 3 is 3.05 bits per heavy atom. The third-order valence-corrected chi connectivity index (χ3v) is 4.80. The largest absolute Gasteiger partial charge is 0.310 e. The highest BCUT2D eigenvalue weighted by molar-refractivity contribution is 7.99. The van der Waals surface area contributed by atoms with Gasteiger partial charge in [0.05, 0.1) is 5.56 Å². The summed E-state index contributed by atoms with van der Waals surface area (Å²) in [7, 11) is 0. The van der Waals surface area contributed by atoms with E-state index >= 15 is 0 Å². The molecule has 1 aliphatic carbocycles. The van der Waals surface area contributed by atoms with Gasteiger partial charge in [-0.15, -0.1) is 0 Å². The Morgan fingerprint density at radius 1 is 1.47 bits per heavy atom. The molecule has 0 aromatic heterocycles. The molecule has 1 N–H and O–H groups in total. The molecular formula is C15H19FN2S. The average molecular weight is 278 g/mol. The molecule has 0 aliphatic heterocycles. The predicted molar refractivity (Wildman–Crippen MR) is 77.5 cm³/mol. The molecule has 1 saturated carbocycles. The average Bonchev–Trinajstić information content (AvgIpc) is 2.46. The van der Waals surface area contributed by atoms with Crippen LogP contribution in [0.3, 0.4) is 0 Å². The van der Waals surface area contributed by atoms with Crippen molar-refractivity contribution in [3.05, 3.63) is 35.1 Å². The van der Waals surface area contributed by atoms with E-state index in [1.807, 2.05) is 17.8 Å². The molecule has 19 heavy (non-hydrogen) atoms. The minimum absolute atomic E-state index is 0.130. The molecule has 0 spiro atoms. The van der Waals surface area contributed by atoms with Gasteiger partial charge in [-0.25, -0.2) is 4.39 Å². The van der Waals surface area contributed by atoms with Gasteiger partial charge in [-0.1, -0.05) is 12.5 Å². The summed E-state index contributed by atoms with van der Waals surface area (Å²) in [6.07, 6.45) is 7.17. The van der Waals surface area contributed by atoms with E-state index in [0.29, 0.717) is 12.6 Å². The van der Waals surface area contributed by atoms with Crippen LogP contribution in [0.5, 0.6) is 0 Å². The van der Waals surface area contributed by atoms with Crippen LogP contribution in [0.25, 0.3) is 0 Å². The van der Waals surface area contributed by atoms with Crippen molar-refractivity contribution in [3.8, 4) is 6.07 Å². The lowest BCUT2D eigenvalue weighted by atomic mass is 9.94. The van der Waals surface area contributed by atoms with Gasteiger partial charge in [0.25, 0.3) is 0 Å². The lowest BCUT2D eigenvalue weighted by Gasteiger charge is -2.28. The lowest BCUT2D eigenvalue weighted by Crippen LogP contribution is -2.34. The summed E-state index contributed by atoms with van der Waals surface area (Å²) in [4.78, 5) is 0. The zero-order chi connectivity index (χ0) is 13.7. The highest BCUT2D eigenvalue weighted by Crippen LogP contribution is 2.27. The predicted octanol–water partition coefficient (Wildman–Crippen LogP) is 3.46. The van der Waals surface area contributed by atoms with Gasteiger partial charge in [0.1, 0.15) is 11.9 Å². The van der Waals surface area contributed by atoms with Crippen LogP contribution in [0.1, 0.15) is 36.8 Å². The number of nitriles is 1. The third-order valence-electron chi connectivity index (χ3n) is 3.71. The maximum Gasteiger partial charge on any atom is 0.140 e. The van der Waals surface area contributed by atoms with E-state index in [2.05, 4.69) is 11.6 Å². The smallest absolute Gasteiger partial charge is 0.140 e. The van der Waals surface area contributed by atoms with Gasteiger partial charge in [0.15, 0.2) is 0 Å². The molecule has 0 saturated heterocycles. The van der Waals surface area contributed by atoms with Gasteiger partial charge < -0.3 is 5.32 Å². The number of thioether (sulfide) groups is 1. The summed E-state index contributed by atoms with van der Waals surface area (Å²) in [5, 5.41) is 13.1. The topological polar surface area (TPSA) is 35.8 Å². The number of nitrogens with one attached hydrogen (secondary N) is 1. The number of halogens is 1. The van der Waals surface area contributed by atoms with Crippen LogP contribution in [0.4, 0.5) is 4.39 Å². The van der Waals surface area contributed by atoms with Gasteiger partial charge in [-0.3, -0.25) is 0 Å². The Labute approximate surface area is 118 Å². The second-order valence-corrected chi connectivity index (χ2v) is 6.17. The Hall–Kier alpha value is -1.05. The van der Waals surface area contributed by atoms with Crippen LogP contribution in [0.15, 0.2) is 18.2 Å². The third kappa shape index (κ3) is 3.95. The van der Waals surface area contributed by atoms with E-state index in [9.17, 15) is 4.39 Å². The van der Waals surface area contributed by atoms with Crippen molar-refractivity contribution in [3.63, 3.8) is 0 Å². The van der Waals surface area contributed by atoms with Crippen molar-refractivity contribution >= 4 is 11.8 Å². The summed E-state index contributed by atoms with van der Waals surface area (Å²) < 4.78 is 13.2. The first-order valence-corrected chi connectivity index (χ1v) is 7.96. The molecular weight excluding hydrogens is 259 g/mol. The number of rotatable bonds is 4. The SMILES string of the molecule is CSC1CCCC(NCc2ccc(F)c(C#N)c2)C1.